The molecule has 2 bridgehead atoms. The van der Waals surface area contributed by atoms with Gasteiger partial charge in [0.1, 0.15) is 18.1 Å². The van der Waals surface area contributed by atoms with Crippen LogP contribution >= 0.6 is 0 Å². The average molecular weight is 401 g/mol. The number of hydrogen-bond donors (Lipinski definition) is 1. The summed E-state index contributed by atoms with van der Waals surface area (Å²) >= 11 is 0. The molecule has 2 atom stereocenters. The van der Waals surface area contributed by atoms with E-state index in [1.807, 2.05) is 41.0 Å². The minimum Gasteiger partial charge on any atom is -0.462 e. The highest BCUT2D eigenvalue weighted by Crippen LogP contribution is 2.40. The van der Waals surface area contributed by atoms with Crippen LogP contribution in [0.15, 0.2) is 57.7 Å². The van der Waals surface area contributed by atoms with Crippen LogP contribution in [0.3, 0.4) is 0 Å². The van der Waals surface area contributed by atoms with Gasteiger partial charge in [-0.2, -0.15) is 5.26 Å². The number of likely N-dealkylation sites (tertiary alicyclic amines) is 1. The summed E-state index contributed by atoms with van der Waals surface area (Å²) in [4.78, 5) is 15.1. The van der Waals surface area contributed by atoms with Gasteiger partial charge in [-0.1, -0.05) is 12.1 Å². The summed E-state index contributed by atoms with van der Waals surface area (Å²) in [6.07, 6.45) is 1.06. The number of fused-ring (bicyclic) bond motifs is 4. The first-order chi connectivity index (χ1) is 14.6. The van der Waals surface area contributed by atoms with Crippen molar-refractivity contribution in [2.24, 2.45) is 5.92 Å². The molecule has 4 heterocycles. The largest absolute Gasteiger partial charge is 0.462 e. The maximum Gasteiger partial charge on any atom is 0.250 e. The van der Waals surface area contributed by atoms with Crippen molar-refractivity contribution in [3.8, 4) is 17.2 Å². The number of furan rings is 1. The Balaban J connectivity index is 1.50. The minimum absolute atomic E-state index is 0.0481. The zero-order valence-electron chi connectivity index (χ0n) is 16.6. The second-order valence-electron chi connectivity index (χ2n) is 8.29. The van der Waals surface area contributed by atoms with Crippen molar-refractivity contribution in [1.82, 2.24) is 9.47 Å². The lowest BCUT2D eigenvalue weighted by atomic mass is 9.80. The molecule has 2 aromatic heterocycles. The van der Waals surface area contributed by atoms with E-state index in [4.69, 9.17) is 4.42 Å². The summed E-state index contributed by atoms with van der Waals surface area (Å²) in [5.74, 6) is 2.10. The average Bonchev–Trinajstić information content (AvgIpc) is 3.22. The Morgan fingerprint density at radius 2 is 1.97 bits per heavy atom. The maximum atomic E-state index is 12.7. The van der Waals surface area contributed by atoms with Gasteiger partial charge in [0.2, 0.25) is 0 Å². The Labute approximate surface area is 174 Å². The molecule has 3 aromatic rings. The lowest BCUT2D eigenvalue weighted by Gasteiger charge is -2.43. The van der Waals surface area contributed by atoms with E-state index in [2.05, 4.69) is 11.0 Å². The lowest BCUT2D eigenvalue weighted by molar-refractivity contribution is 0.107. The summed E-state index contributed by atoms with van der Waals surface area (Å²) in [5, 5.41) is 18.5. The number of rotatable bonds is 4. The molecule has 2 aliphatic heterocycles. The summed E-state index contributed by atoms with van der Waals surface area (Å²) in [7, 11) is 0. The Morgan fingerprint density at radius 1 is 1.10 bits per heavy atom. The molecule has 1 aromatic carbocycles. The number of aliphatic hydroxyl groups excluding tert-OH is 1. The monoisotopic (exact) mass is 401 g/mol. The van der Waals surface area contributed by atoms with E-state index in [1.54, 1.807) is 12.1 Å². The third-order valence-electron chi connectivity index (χ3n) is 6.22. The number of aliphatic hydroxyl groups is 1. The predicted octanol–water partition coefficient (Wildman–Crippen LogP) is 3.09. The van der Waals surface area contributed by atoms with Crippen molar-refractivity contribution >= 4 is 0 Å². The van der Waals surface area contributed by atoms with E-state index >= 15 is 0 Å². The fraction of sp³-hybridized carbons (Fsp3) is 0.333. The number of benzene rings is 1. The van der Waals surface area contributed by atoms with Gasteiger partial charge in [-0.3, -0.25) is 9.69 Å². The van der Waals surface area contributed by atoms with Crippen molar-refractivity contribution in [3.63, 3.8) is 0 Å². The zero-order valence-corrected chi connectivity index (χ0v) is 16.6. The first-order valence-corrected chi connectivity index (χ1v) is 10.3. The minimum atomic E-state index is -0.0906. The molecule has 0 radical (unpaired) electrons. The first kappa shape index (κ1) is 18.9. The van der Waals surface area contributed by atoms with Gasteiger partial charge in [0.05, 0.1) is 18.2 Å². The fourth-order valence-electron chi connectivity index (χ4n) is 5.06. The number of hydrogen-bond acceptors (Lipinski definition) is 5. The van der Waals surface area contributed by atoms with Crippen LogP contribution in [0.2, 0.25) is 0 Å². The van der Waals surface area contributed by atoms with Gasteiger partial charge in [0.15, 0.2) is 0 Å². The molecule has 1 saturated heterocycles. The molecule has 0 amide bonds. The molecular weight excluding hydrogens is 378 g/mol. The summed E-state index contributed by atoms with van der Waals surface area (Å²) < 4.78 is 7.63. The Kier molecular flexibility index (Phi) is 4.78. The summed E-state index contributed by atoms with van der Waals surface area (Å²) in [6, 6.07) is 17.1. The van der Waals surface area contributed by atoms with Crippen molar-refractivity contribution < 1.29 is 9.52 Å². The van der Waals surface area contributed by atoms with Crippen LogP contribution < -0.4 is 5.56 Å². The van der Waals surface area contributed by atoms with Gasteiger partial charge < -0.3 is 14.1 Å². The predicted molar refractivity (Wildman–Crippen MR) is 112 cm³/mol. The number of piperidine rings is 1. The summed E-state index contributed by atoms with van der Waals surface area (Å²) in [5.41, 5.74) is 3.76. The van der Waals surface area contributed by atoms with E-state index in [1.165, 1.54) is 0 Å². The number of nitrogens with zero attached hydrogens (tertiary/aromatic N) is 3. The van der Waals surface area contributed by atoms with Crippen LogP contribution in [0.4, 0.5) is 0 Å². The molecule has 30 heavy (non-hydrogen) atoms. The number of pyridine rings is 1. The van der Waals surface area contributed by atoms with E-state index < -0.39 is 0 Å². The van der Waals surface area contributed by atoms with Gasteiger partial charge in [0.25, 0.3) is 5.56 Å². The molecule has 0 aliphatic carbocycles. The zero-order chi connectivity index (χ0) is 20.7. The molecule has 152 valence electrons. The standard InChI is InChI=1S/C24H23N3O3/c25-10-16-2-1-3-18(8-16)22-6-7-23(29)27-12-17-9-19(24(22)27)13-26(11-17)14-20-4-5-21(15-28)30-20/h1-8,17,19,28H,9,11-15H2/t17-,19-/m0/s1. The van der Waals surface area contributed by atoms with Gasteiger partial charge in [-0.15, -0.1) is 0 Å². The fourth-order valence-corrected chi connectivity index (χ4v) is 5.06. The van der Waals surface area contributed by atoms with E-state index in [-0.39, 0.29) is 18.1 Å². The van der Waals surface area contributed by atoms with Gasteiger partial charge in [-0.25, -0.2) is 0 Å². The van der Waals surface area contributed by atoms with Crippen molar-refractivity contribution in [3.05, 3.63) is 81.7 Å². The van der Waals surface area contributed by atoms with Gasteiger partial charge >= 0.3 is 0 Å². The quantitative estimate of drug-likeness (QED) is 0.726. The molecular formula is C24H23N3O3. The Morgan fingerprint density at radius 3 is 2.77 bits per heavy atom. The van der Waals surface area contributed by atoms with Crippen LogP contribution in [0.5, 0.6) is 0 Å². The highest BCUT2D eigenvalue weighted by Gasteiger charge is 2.36. The number of nitriles is 1. The normalized spacial score (nSPS) is 20.5. The van der Waals surface area contributed by atoms with Crippen LogP contribution in [-0.2, 0) is 19.7 Å². The molecule has 2 aliphatic rings. The van der Waals surface area contributed by atoms with E-state index in [0.29, 0.717) is 30.3 Å². The summed E-state index contributed by atoms with van der Waals surface area (Å²) in [6.45, 7) is 3.09. The van der Waals surface area contributed by atoms with Crippen molar-refractivity contribution in [1.29, 1.82) is 5.26 Å². The second kappa shape index (κ2) is 7.60. The van der Waals surface area contributed by atoms with Crippen LogP contribution in [-0.4, -0.2) is 27.7 Å². The maximum absolute atomic E-state index is 12.7. The SMILES string of the molecule is N#Cc1cccc(-c2ccc(=O)n3c2[C@H]2C[C@@H](CN(Cc4ccc(CO)o4)C2)C3)c1. The Bertz CT molecular complexity index is 1190. The molecule has 1 fully saturated rings. The molecule has 5 rings (SSSR count). The van der Waals surface area contributed by atoms with Crippen LogP contribution in [0.1, 0.15) is 35.1 Å². The lowest BCUT2D eigenvalue weighted by Crippen LogP contribution is -2.46. The first-order valence-electron chi connectivity index (χ1n) is 10.3. The van der Waals surface area contributed by atoms with E-state index in [9.17, 15) is 15.2 Å². The molecule has 6 heteroatoms. The smallest absolute Gasteiger partial charge is 0.250 e. The molecule has 0 unspecified atom stereocenters. The second-order valence-corrected chi connectivity index (χ2v) is 8.29. The van der Waals surface area contributed by atoms with Gasteiger partial charge in [0, 0.05) is 42.9 Å². The topological polar surface area (TPSA) is 82.4 Å². The highest BCUT2D eigenvalue weighted by molar-refractivity contribution is 5.68. The Hall–Kier alpha value is -3.14. The molecule has 6 nitrogen and oxygen atoms in total. The van der Waals surface area contributed by atoms with Crippen molar-refractivity contribution in [2.45, 2.75) is 32.0 Å². The van der Waals surface area contributed by atoms with E-state index in [0.717, 1.165) is 42.1 Å². The molecule has 1 N–H and O–H groups in total. The molecule has 0 spiro atoms. The third-order valence-corrected chi connectivity index (χ3v) is 6.22. The third kappa shape index (κ3) is 3.36. The van der Waals surface area contributed by atoms with Crippen molar-refractivity contribution in [2.75, 3.05) is 13.1 Å². The van der Waals surface area contributed by atoms with Crippen LogP contribution in [0, 0.1) is 17.2 Å². The molecule has 0 saturated carbocycles. The number of aromatic nitrogens is 1. The van der Waals surface area contributed by atoms with Gasteiger partial charge in [-0.05, 0) is 48.2 Å². The van der Waals surface area contributed by atoms with Crippen LogP contribution in [0.25, 0.3) is 11.1 Å². The highest BCUT2D eigenvalue weighted by atomic mass is 16.4.